The Morgan fingerprint density at radius 2 is 1.79 bits per heavy atom. The normalized spacial score (nSPS) is 16.4. The van der Waals surface area contributed by atoms with Crippen LogP contribution in [0.5, 0.6) is 0 Å². The smallest absolute Gasteiger partial charge is 0.0504 e. The van der Waals surface area contributed by atoms with Crippen LogP contribution in [0.1, 0.15) is 49.9 Å². The van der Waals surface area contributed by atoms with Crippen molar-refractivity contribution in [1.82, 2.24) is 10.2 Å². The summed E-state index contributed by atoms with van der Waals surface area (Å²) < 4.78 is 0. The van der Waals surface area contributed by atoms with Crippen LogP contribution in [0.2, 0.25) is 0 Å². The number of likely N-dealkylation sites (N-methyl/N-ethyl adjacent to an activating group) is 2. The first kappa shape index (κ1) is 16.2. The van der Waals surface area contributed by atoms with Gasteiger partial charge in [-0.2, -0.15) is 0 Å². The van der Waals surface area contributed by atoms with E-state index in [1.54, 1.807) is 0 Å². The highest BCUT2D eigenvalue weighted by Crippen LogP contribution is 2.33. The summed E-state index contributed by atoms with van der Waals surface area (Å²) in [5.74, 6) is 0. The van der Waals surface area contributed by atoms with E-state index in [1.807, 2.05) is 0 Å². The largest absolute Gasteiger partial charge is 0.309 e. The van der Waals surface area contributed by atoms with E-state index in [1.165, 1.54) is 16.7 Å². The summed E-state index contributed by atoms with van der Waals surface area (Å²) in [6.07, 6.45) is 1.12. The molecule has 1 N–H and O–H groups in total. The lowest BCUT2D eigenvalue weighted by Gasteiger charge is -2.43. The molecule has 1 aromatic rings. The Morgan fingerprint density at radius 3 is 2.21 bits per heavy atom. The second kappa shape index (κ2) is 6.53. The van der Waals surface area contributed by atoms with E-state index in [2.05, 4.69) is 77.1 Å². The van der Waals surface area contributed by atoms with Crippen LogP contribution in [0.25, 0.3) is 0 Å². The Kier molecular flexibility index (Phi) is 5.57. The van der Waals surface area contributed by atoms with Crippen molar-refractivity contribution in [3.05, 3.63) is 34.9 Å². The van der Waals surface area contributed by atoms with Crippen molar-refractivity contribution in [1.29, 1.82) is 0 Å². The minimum absolute atomic E-state index is 0.123. The lowest BCUT2D eigenvalue weighted by molar-refractivity contribution is 0.113. The second-order valence-electron chi connectivity index (χ2n) is 5.94. The quantitative estimate of drug-likeness (QED) is 0.841. The predicted molar refractivity (Wildman–Crippen MR) is 84.7 cm³/mol. The van der Waals surface area contributed by atoms with Crippen LogP contribution >= 0.6 is 0 Å². The molecule has 0 aromatic heterocycles. The summed E-state index contributed by atoms with van der Waals surface area (Å²) in [7, 11) is 4.35. The fraction of sp³-hybridized carbons (Fsp3) is 0.647. The van der Waals surface area contributed by atoms with Crippen molar-refractivity contribution in [3.8, 4) is 0 Å². The highest BCUT2D eigenvalue weighted by molar-refractivity contribution is 5.33. The van der Waals surface area contributed by atoms with Crippen molar-refractivity contribution < 1.29 is 0 Å². The fourth-order valence-corrected chi connectivity index (χ4v) is 2.62. The lowest BCUT2D eigenvalue weighted by Crippen LogP contribution is -2.51. The summed E-state index contributed by atoms with van der Waals surface area (Å²) in [4.78, 5) is 2.34. The number of benzene rings is 1. The van der Waals surface area contributed by atoms with Gasteiger partial charge in [0.05, 0.1) is 6.04 Å². The first-order valence-corrected chi connectivity index (χ1v) is 7.34. The molecule has 108 valence electrons. The Balaban J connectivity index is 3.22. The van der Waals surface area contributed by atoms with E-state index in [0.717, 1.165) is 13.0 Å². The van der Waals surface area contributed by atoms with Gasteiger partial charge < -0.3 is 10.2 Å². The van der Waals surface area contributed by atoms with Crippen molar-refractivity contribution in [2.75, 3.05) is 20.6 Å². The molecule has 0 aliphatic heterocycles. The van der Waals surface area contributed by atoms with Crippen LogP contribution in [-0.4, -0.2) is 31.1 Å². The fourth-order valence-electron chi connectivity index (χ4n) is 2.62. The maximum absolute atomic E-state index is 3.68. The summed E-state index contributed by atoms with van der Waals surface area (Å²) in [6, 6.07) is 7.20. The first-order chi connectivity index (χ1) is 8.86. The van der Waals surface area contributed by atoms with Gasteiger partial charge in [0.25, 0.3) is 0 Å². The lowest BCUT2D eigenvalue weighted by atomic mass is 9.82. The topological polar surface area (TPSA) is 15.3 Å². The van der Waals surface area contributed by atoms with Gasteiger partial charge in [-0.25, -0.2) is 0 Å². The van der Waals surface area contributed by atoms with E-state index < -0.39 is 0 Å². The number of hydrogen-bond donors (Lipinski definition) is 1. The van der Waals surface area contributed by atoms with Crippen LogP contribution in [0, 0.1) is 13.8 Å². The van der Waals surface area contributed by atoms with E-state index in [-0.39, 0.29) is 5.54 Å². The maximum atomic E-state index is 3.68. The van der Waals surface area contributed by atoms with E-state index in [0.29, 0.717) is 6.04 Å². The molecule has 1 aromatic carbocycles. The molecule has 0 aliphatic rings. The minimum Gasteiger partial charge on any atom is -0.309 e. The van der Waals surface area contributed by atoms with Gasteiger partial charge in [-0.1, -0.05) is 32.0 Å². The van der Waals surface area contributed by atoms with Gasteiger partial charge in [0, 0.05) is 5.54 Å². The molecule has 0 bridgehead atoms. The summed E-state index contributed by atoms with van der Waals surface area (Å²) in [5, 5.41) is 3.68. The second-order valence-corrected chi connectivity index (χ2v) is 5.94. The molecule has 0 saturated heterocycles. The Morgan fingerprint density at radius 1 is 1.16 bits per heavy atom. The first-order valence-electron chi connectivity index (χ1n) is 7.34. The van der Waals surface area contributed by atoms with Gasteiger partial charge in [0.1, 0.15) is 0 Å². The molecule has 0 radical (unpaired) electrons. The van der Waals surface area contributed by atoms with Crippen LogP contribution in [0.15, 0.2) is 18.2 Å². The van der Waals surface area contributed by atoms with Gasteiger partial charge in [-0.3, -0.25) is 0 Å². The summed E-state index contributed by atoms with van der Waals surface area (Å²) >= 11 is 0. The maximum Gasteiger partial charge on any atom is 0.0504 e. The molecule has 2 unspecified atom stereocenters. The zero-order chi connectivity index (χ0) is 14.6. The third kappa shape index (κ3) is 3.37. The number of nitrogens with zero attached hydrogens (tertiary/aromatic N) is 1. The van der Waals surface area contributed by atoms with Crippen molar-refractivity contribution in [2.24, 2.45) is 0 Å². The zero-order valence-electron chi connectivity index (χ0n) is 13.7. The Hall–Kier alpha value is -0.860. The average molecular weight is 262 g/mol. The van der Waals surface area contributed by atoms with Crippen LogP contribution < -0.4 is 5.32 Å². The molecule has 0 fully saturated rings. The van der Waals surface area contributed by atoms with E-state index >= 15 is 0 Å². The van der Waals surface area contributed by atoms with E-state index in [9.17, 15) is 0 Å². The number of rotatable bonds is 6. The van der Waals surface area contributed by atoms with Gasteiger partial charge in [0.15, 0.2) is 0 Å². The number of nitrogens with one attached hydrogen (secondary N) is 1. The number of hydrogen-bond acceptors (Lipinski definition) is 2. The van der Waals surface area contributed by atoms with Crippen molar-refractivity contribution in [3.63, 3.8) is 0 Å². The molecule has 0 amide bonds. The third-order valence-corrected chi connectivity index (χ3v) is 4.63. The molecule has 1 rings (SSSR count). The Labute approximate surface area is 119 Å². The third-order valence-electron chi connectivity index (χ3n) is 4.63. The van der Waals surface area contributed by atoms with Crippen LogP contribution in [0.3, 0.4) is 0 Å². The van der Waals surface area contributed by atoms with Crippen molar-refractivity contribution >= 4 is 0 Å². The Bertz CT molecular complexity index is 412. The van der Waals surface area contributed by atoms with Crippen LogP contribution in [-0.2, 0) is 0 Å². The molecule has 2 heteroatoms. The van der Waals surface area contributed by atoms with Gasteiger partial charge >= 0.3 is 0 Å². The van der Waals surface area contributed by atoms with Crippen LogP contribution in [0.4, 0.5) is 0 Å². The molecule has 19 heavy (non-hydrogen) atoms. The predicted octanol–water partition coefficient (Wildman–Crippen LogP) is 3.68. The molecule has 0 spiro atoms. The monoisotopic (exact) mass is 262 g/mol. The summed E-state index contributed by atoms with van der Waals surface area (Å²) in [5.41, 5.74) is 4.25. The van der Waals surface area contributed by atoms with Gasteiger partial charge in [0.2, 0.25) is 0 Å². The molecule has 2 nitrogen and oxygen atoms in total. The minimum atomic E-state index is 0.123. The highest BCUT2D eigenvalue weighted by atomic mass is 15.2. The van der Waals surface area contributed by atoms with Crippen molar-refractivity contribution in [2.45, 2.75) is 52.6 Å². The molecular formula is C17H30N2. The zero-order valence-corrected chi connectivity index (χ0v) is 13.7. The highest BCUT2D eigenvalue weighted by Gasteiger charge is 2.35. The SMILES string of the molecule is CCNC(c1ccc(C)c(C)c1)C(C)(CC)N(C)C. The van der Waals surface area contributed by atoms with Gasteiger partial charge in [-0.15, -0.1) is 0 Å². The molecule has 0 saturated carbocycles. The molecular weight excluding hydrogens is 232 g/mol. The molecule has 0 aliphatic carbocycles. The average Bonchev–Trinajstić information content (AvgIpc) is 2.38. The molecule has 2 atom stereocenters. The standard InChI is InChI=1S/C17H30N2/c1-8-17(5,19(6)7)16(18-9-2)15-11-10-13(3)14(4)12-15/h10-12,16,18H,8-9H2,1-7H3. The number of aryl methyl sites for hydroxylation is 2. The van der Waals surface area contributed by atoms with E-state index in [4.69, 9.17) is 0 Å². The molecule has 0 heterocycles. The summed E-state index contributed by atoms with van der Waals surface area (Å²) in [6.45, 7) is 12.1. The van der Waals surface area contributed by atoms with Gasteiger partial charge in [-0.05, 0) is 64.5 Å².